The van der Waals surface area contributed by atoms with Crippen molar-refractivity contribution in [3.63, 3.8) is 0 Å². The van der Waals surface area contributed by atoms with Crippen LogP contribution in [0.1, 0.15) is 43.5 Å². The Morgan fingerprint density at radius 3 is 2.48 bits per heavy atom. The van der Waals surface area contributed by atoms with Gasteiger partial charge < -0.3 is 19.5 Å². The summed E-state index contributed by atoms with van der Waals surface area (Å²) in [5, 5.41) is 20.8. The molecule has 1 aromatic heterocycles. The standard InChI is InChI=1S/C14H19N3O6/c1-14(2,3)23-13(22)16-10-9(12(20)21)17-6-7(11(18)19)4-5-8(17)15-10/h7H,4-6H2,1-3H3,(H,16,22)(H,18,19)(H,20,21). The Hall–Kier alpha value is -2.58. The number of hydrogen-bond donors (Lipinski definition) is 3. The molecule has 0 bridgehead atoms. The van der Waals surface area contributed by atoms with E-state index in [1.807, 2.05) is 0 Å². The van der Waals surface area contributed by atoms with Crippen molar-refractivity contribution in [3.05, 3.63) is 11.5 Å². The summed E-state index contributed by atoms with van der Waals surface area (Å²) in [6.07, 6.45) is -0.116. The lowest BCUT2D eigenvalue weighted by atomic mass is 9.99. The Balaban J connectivity index is 2.30. The van der Waals surface area contributed by atoms with Crippen molar-refractivity contribution in [3.8, 4) is 0 Å². The monoisotopic (exact) mass is 325 g/mol. The summed E-state index contributed by atoms with van der Waals surface area (Å²) in [6, 6.07) is 0. The number of fused-ring (bicyclic) bond motifs is 1. The normalized spacial score (nSPS) is 17.3. The Kier molecular flexibility index (Phi) is 4.31. The fourth-order valence-electron chi connectivity index (χ4n) is 2.41. The number of carboxylic acids is 2. The lowest BCUT2D eigenvalue weighted by Crippen LogP contribution is -2.29. The highest BCUT2D eigenvalue weighted by atomic mass is 16.6. The van der Waals surface area contributed by atoms with Crippen molar-refractivity contribution in [2.75, 3.05) is 5.32 Å². The molecule has 0 saturated heterocycles. The van der Waals surface area contributed by atoms with Crippen LogP contribution < -0.4 is 5.32 Å². The first-order valence-corrected chi connectivity index (χ1v) is 7.14. The molecule has 1 atom stereocenters. The summed E-state index contributed by atoms with van der Waals surface area (Å²) in [4.78, 5) is 38.5. The fraction of sp³-hybridized carbons (Fsp3) is 0.571. The van der Waals surface area contributed by atoms with E-state index < -0.39 is 29.6 Å². The topological polar surface area (TPSA) is 131 Å². The first kappa shape index (κ1) is 16.8. The number of amides is 1. The van der Waals surface area contributed by atoms with Gasteiger partial charge in [0.25, 0.3) is 0 Å². The number of aromatic carboxylic acids is 1. The number of aryl methyl sites for hydroxylation is 1. The van der Waals surface area contributed by atoms with Crippen molar-refractivity contribution in [1.29, 1.82) is 0 Å². The molecular weight excluding hydrogens is 306 g/mol. The minimum atomic E-state index is -1.29. The quantitative estimate of drug-likeness (QED) is 0.768. The zero-order valence-electron chi connectivity index (χ0n) is 13.1. The third-order valence-corrected chi connectivity index (χ3v) is 3.34. The number of carbonyl (C=O) groups excluding carboxylic acids is 1. The third-order valence-electron chi connectivity index (χ3n) is 3.34. The summed E-state index contributed by atoms with van der Waals surface area (Å²) in [6.45, 7) is 5.05. The minimum absolute atomic E-state index is 0.00922. The molecule has 2 rings (SSSR count). The van der Waals surface area contributed by atoms with Gasteiger partial charge in [0.2, 0.25) is 0 Å². The van der Waals surface area contributed by atoms with Crippen LogP contribution in [-0.2, 0) is 22.5 Å². The van der Waals surface area contributed by atoms with Gasteiger partial charge in [0.15, 0.2) is 11.5 Å². The molecule has 2 heterocycles. The maximum Gasteiger partial charge on any atom is 0.413 e. The Bertz CT molecular complexity index is 658. The molecule has 0 aromatic carbocycles. The molecule has 0 radical (unpaired) electrons. The predicted molar refractivity (Wildman–Crippen MR) is 78.5 cm³/mol. The van der Waals surface area contributed by atoms with E-state index in [0.29, 0.717) is 18.7 Å². The zero-order valence-corrected chi connectivity index (χ0v) is 13.1. The second-order valence-corrected chi connectivity index (χ2v) is 6.34. The molecule has 0 spiro atoms. The maximum atomic E-state index is 11.8. The maximum absolute atomic E-state index is 11.8. The zero-order chi connectivity index (χ0) is 17.4. The molecule has 9 nitrogen and oxygen atoms in total. The molecule has 3 N–H and O–H groups in total. The van der Waals surface area contributed by atoms with Crippen LogP contribution in [0.25, 0.3) is 0 Å². The molecule has 9 heteroatoms. The highest BCUT2D eigenvalue weighted by molar-refractivity contribution is 5.96. The van der Waals surface area contributed by atoms with Crippen LogP contribution in [0, 0.1) is 5.92 Å². The van der Waals surface area contributed by atoms with Gasteiger partial charge in [-0.1, -0.05) is 0 Å². The van der Waals surface area contributed by atoms with E-state index in [1.165, 1.54) is 4.57 Å². The van der Waals surface area contributed by atoms with Crippen molar-refractivity contribution in [1.82, 2.24) is 9.55 Å². The van der Waals surface area contributed by atoms with Gasteiger partial charge in [0, 0.05) is 13.0 Å². The average molecular weight is 325 g/mol. The van der Waals surface area contributed by atoms with E-state index in [0.717, 1.165) is 0 Å². The smallest absolute Gasteiger partial charge is 0.413 e. The molecule has 1 unspecified atom stereocenters. The number of anilines is 1. The van der Waals surface area contributed by atoms with Gasteiger partial charge in [-0.05, 0) is 27.2 Å². The lowest BCUT2D eigenvalue weighted by Gasteiger charge is -2.21. The molecule has 23 heavy (non-hydrogen) atoms. The van der Waals surface area contributed by atoms with Crippen LogP contribution in [0.4, 0.5) is 10.6 Å². The molecule has 1 aliphatic rings. The second-order valence-electron chi connectivity index (χ2n) is 6.34. The summed E-state index contributed by atoms with van der Waals surface area (Å²) >= 11 is 0. The molecule has 0 fully saturated rings. The van der Waals surface area contributed by atoms with Crippen molar-refractivity contribution < 1.29 is 29.3 Å². The summed E-state index contributed by atoms with van der Waals surface area (Å²) in [7, 11) is 0. The van der Waals surface area contributed by atoms with Gasteiger partial charge >= 0.3 is 18.0 Å². The number of nitrogens with zero attached hydrogens (tertiary/aromatic N) is 2. The molecule has 1 amide bonds. The van der Waals surface area contributed by atoms with Gasteiger partial charge in [0.1, 0.15) is 11.4 Å². The number of aliphatic carboxylic acids is 1. The van der Waals surface area contributed by atoms with Crippen LogP contribution >= 0.6 is 0 Å². The molecule has 0 aliphatic carbocycles. The summed E-state index contributed by atoms with van der Waals surface area (Å²) < 4.78 is 6.41. The average Bonchev–Trinajstić information content (AvgIpc) is 2.72. The number of rotatable bonds is 3. The van der Waals surface area contributed by atoms with Crippen LogP contribution in [0.15, 0.2) is 0 Å². The van der Waals surface area contributed by atoms with E-state index in [2.05, 4.69) is 10.3 Å². The van der Waals surface area contributed by atoms with Gasteiger partial charge in [-0.3, -0.25) is 10.1 Å². The van der Waals surface area contributed by atoms with Gasteiger partial charge in [0.05, 0.1) is 5.92 Å². The van der Waals surface area contributed by atoms with Gasteiger partial charge in [-0.15, -0.1) is 0 Å². The number of carbonyl (C=O) groups is 3. The predicted octanol–water partition coefficient (Wildman–Crippen LogP) is 1.58. The largest absolute Gasteiger partial charge is 0.481 e. The Labute approximate surface area is 132 Å². The van der Waals surface area contributed by atoms with Crippen LogP contribution in [0.3, 0.4) is 0 Å². The number of nitrogens with one attached hydrogen (secondary N) is 1. The van der Waals surface area contributed by atoms with Crippen molar-refractivity contribution >= 4 is 23.8 Å². The molecular formula is C14H19N3O6. The van der Waals surface area contributed by atoms with E-state index >= 15 is 0 Å². The summed E-state index contributed by atoms with van der Waals surface area (Å²) in [5.74, 6) is -2.65. The van der Waals surface area contributed by atoms with E-state index in [9.17, 15) is 19.5 Å². The first-order chi connectivity index (χ1) is 10.6. The highest BCUT2D eigenvalue weighted by Crippen LogP contribution is 2.27. The second kappa shape index (κ2) is 5.90. The third kappa shape index (κ3) is 3.79. The van der Waals surface area contributed by atoms with E-state index in [4.69, 9.17) is 9.84 Å². The fourth-order valence-corrected chi connectivity index (χ4v) is 2.41. The first-order valence-electron chi connectivity index (χ1n) is 7.14. The van der Waals surface area contributed by atoms with Crippen molar-refractivity contribution in [2.45, 2.75) is 45.8 Å². The SMILES string of the molecule is CC(C)(C)OC(=O)Nc1nc2n(c1C(=O)O)CC(C(=O)O)CC2. The summed E-state index contributed by atoms with van der Waals surface area (Å²) in [5.41, 5.74) is -0.974. The van der Waals surface area contributed by atoms with Crippen LogP contribution in [-0.4, -0.2) is 43.4 Å². The number of imidazole rings is 1. The van der Waals surface area contributed by atoms with Crippen LogP contribution in [0.2, 0.25) is 0 Å². The van der Waals surface area contributed by atoms with Crippen molar-refractivity contribution in [2.24, 2.45) is 5.92 Å². The molecule has 0 saturated carbocycles. The number of aromatic nitrogens is 2. The van der Waals surface area contributed by atoms with Gasteiger partial charge in [-0.2, -0.15) is 0 Å². The minimum Gasteiger partial charge on any atom is -0.481 e. The Morgan fingerprint density at radius 2 is 1.96 bits per heavy atom. The molecule has 1 aromatic rings. The lowest BCUT2D eigenvalue weighted by molar-refractivity contribution is -0.142. The number of carboxylic acid groups (broad SMARTS) is 2. The number of ether oxygens (including phenoxy) is 1. The van der Waals surface area contributed by atoms with E-state index in [1.54, 1.807) is 20.8 Å². The van der Waals surface area contributed by atoms with Crippen LogP contribution in [0.5, 0.6) is 0 Å². The molecule has 1 aliphatic heterocycles. The van der Waals surface area contributed by atoms with Gasteiger partial charge in [-0.25, -0.2) is 14.6 Å². The highest BCUT2D eigenvalue weighted by Gasteiger charge is 2.32. The Morgan fingerprint density at radius 1 is 1.30 bits per heavy atom. The van der Waals surface area contributed by atoms with E-state index in [-0.39, 0.29) is 18.1 Å². The molecule has 126 valence electrons. The number of hydrogen-bond acceptors (Lipinski definition) is 5.